The lowest BCUT2D eigenvalue weighted by atomic mass is 9.92. The van der Waals surface area contributed by atoms with Crippen LogP contribution in [0.15, 0.2) is 30.3 Å². The Morgan fingerprint density at radius 1 is 1.21 bits per heavy atom. The minimum Gasteiger partial charge on any atom is -0.308 e. The summed E-state index contributed by atoms with van der Waals surface area (Å²) >= 11 is 0. The highest BCUT2D eigenvalue weighted by Gasteiger charge is 2.39. The Hall–Kier alpha value is -0.860. The van der Waals surface area contributed by atoms with Gasteiger partial charge in [-0.3, -0.25) is 4.90 Å². The molecule has 1 spiro atoms. The van der Waals surface area contributed by atoms with Gasteiger partial charge in [0.05, 0.1) is 0 Å². The number of hydrogen-bond donors (Lipinski definition) is 1. The summed E-state index contributed by atoms with van der Waals surface area (Å²) in [7, 11) is 0. The van der Waals surface area contributed by atoms with Crippen LogP contribution in [0.25, 0.3) is 0 Å². The van der Waals surface area contributed by atoms with Crippen LogP contribution < -0.4 is 5.32 Å². The summed E-state index contributed by atoms with van der Waals surface area (Å²) in [6, 6.07) is 11.6. The van der Waals surface area contributed by atoms with Crippen LogP contribution in [0.5, 0.6) is 0 Å². The van der Waals surface area contributed by atoms with Crippen molar-refractivity contribution < 1.29 is 0 Å². The molecule has 104 valence electrons. The van der Waals surface area contributed by atoms with Gasteiger partial charge in [0, 0.05) is 31.2 Å². The van der Waals surface area contributed by atoms with E-state index in [-0.39, 0.29) is 0 Å². The Bertz CT molecular complexity index is 395. The standard InChI is InChI=1S/C17H26N2/c1-15-13-18-17(10-5-6-11-17)14-19(15)12-9-16-7-3-2-4-8-16/h2-4,7-8,15,18H,5-6,9-14H2,1H3. The highest BCUT2D eigenvalue weighted by Crippen LogP contribution is 2.33. The number of nitrogens with one attached hydrogen (secondary N) is 1. The molecule has 0 amide bonds. The van der Waals surface area contributed by atoms with Crippen LogP contribution in [0, 0.1) is 0 Å². The summed E-state index contributed by atoms with van der Waals surface area (Å²) < 4.78 is 0. The molecule has 0 aromatic heterocycles. The Morgan fingerprint density at radius 2 is 1.95 bits per heavy atom. The summed E-state index contributed by atoms with van der Waals surface area (Å²) in [4.78, 5) is 2.70. The first-order chi connectivity index (χ1) is 9.27. The molecule has 1 N–H and O–H groups in total. The van der Waals surface area contributed by atoms with Gasteiger partial charge in [0.15, 0.2) is 0 Å². The van der Waals surface area contributed by atoms with Crippen molar-refractivity contribution in [1.29, 1.82) is 0 Å². The molecule has 0 bridgehead atoms. The Morgan fingerprint density at radius 3 is 2.68 bits per heavy atom. The first-order valence-electron chi connectivity index (χ1n) is 7.80. The molecule has 1 unspecified atom stereocenters. The molecule has 1 heterocycles. The van der Waals surface area contributed by atoms with E-state index in [1.54, 1.807) is 0 Å². The molecular weight excluding hydrogens is 232 g/mol. The third-order valence-electron chi connectivity index (χ3n) is 4.99. The van der Waals surface area contributed by atoms with Crippen LogP contribution in [0.2, 0.25) is 0 Å². The lowest BCUT2D eigenvalue weighted by molar-refractivity contribution is 0.0903. The maximum atomic E-state index is 3.83. The topological polar surface area (TPSA) is 15.3 Å². The SMILES string of the molecule is CC1CNC2(CCCC2)CN1CCc1ccccc1. The Kier molecular flexibility index (Phi) is 3.90. The van der Waals surface area contributed by atoms with Crippen molar-refractivity contribution in [1.82, 2.24) is 10.2 Å². The average Bonchev–Trinajstić information content (AvgIpc) is 2.90. The quantitative estimate of drug-likeness (QED) is 0.897. The lowest BCUT2D eigenvalue weighted by Crippen LogP contribution is -2.62. The van der Waals surface area contributed by atoms with Gasteiger partial charge in [0.25, 0.3) is 0 Å². The van der Waals surface area contributed by atoms with Crippen molar-refractivity contribution in [2.75, 3.05) is 19.6 Å². The van der Waals surface area contributed by atoms with Gasteiger partial charge in [0.2, 0.25) is 0 Å². The molecule has 3 rings (SSSR count). The van der Waals surface area contributed by atoms with Gasteiger partial charge in [-0.1, -0.05) is 43.2 Å². The first-order valence-corrected chi connectivity index (χ1v) is 7.80. The summed E-state index contributed by atoms with van der Waals surface area (Å²) in [5, 5.41) is 3.83. The summed E-state index contributed by atoms with van der Waals surface area (Å²) in [5.74, 6) is 0. The molecule has 2 aliphatic rings. The molecular formula is C17H26N2. The predicted molar refractivity (Wildman–Crippen MR) is 80.4 cm³/mol. The van der Waals surface area contributed by atoms with E-state index in [2.05, 4.69) is 47.5 Å². The van der Waals surface area contributed by atoms with Gasteiger partial charge in [0.1, 0.15) is 0 Å². The van der Waals surface area contributed by atoms with E-state index >= 15 is 0 Å². The van der Waals surface area contributed by atoms with Gasteiger partial charge in [-0.2, -0.15) is 0 Å². The summed E-state index contributed by atoms with van der Waals surface area (Å²) in [6.07, 6.45) is 6.76. The number of rotatable bonds is 3. The molecule has 0 radical (unpaired) electrons. The fourth-order valence-electron chi connectivity index (χ4n) is 3.70. The van der Waals surface area contributed by atoms with E-state index < -0.39 is 0 Å². The van der Waals surface area contributed by atoms with Gasteiger partial charge in [-0.15, -0.1) is 0 Å². The average molecular weight is 258 g/mol. The van der Waals surface area contributed by atoms with E-state index in [9.17, 15) is 0 Å². The molecule has 2 heteroatoms. The number of nitrogens with zero attached hydrogens (tertiary/aromatic N) is 1. The highest BCUT2D eigenvalue weighted by molar-refractivity contribution is 5.15. The largest absolute Gasteiger partial charge is 0.308 e. The van der Waals surface area contributed by atoms with Crippen molar-refractivity contribution in [3.05, 3.63) is 35.9 Å². The minimum absolute atomic E-state index is 0.448. The first kappa shape index (κ1) is 13.1. The predicted octanol–water partition coefficient (Wildman–Crippen LogP) is 2.84. The fraction of sp³-hybridized carbons (Fsp3) is 0.647. The second kappa shape index (κ2) is 5.64. The third-order valence-corrected chi connectivity index (χ3v) is 4.99. The van der Waals surface area contributed by atoms with E-state index in [1.807, 2.05) is 0 Å². The van der Waals surface area contributed by atoms with Crippen LogP contribution in [-0.2, 0) is 6.42 Å². The second-order valence-electron chi connectivity index (χ2n) is 6.42. The molecule has 1 atom stereocenters. The maximum Gasteiger partial charge on any atom is 0.0309 e. The maximum absolute atomic E-state index is 3.83. The molecule has 1 saturated heterocycles. The van der Waals surface area contributed by atoms with Gasteiger partial charge >= 0.3 is 0 Å². The van der Waals surface area contributed by atoms with Crippen LogP contribution in [0.3, 0.4) is 0 Å². The van der Waals surface area contributed by atoms with E-state index in [0.29, 0.717) is 11.6 Å². The molecule has 2 fully saturated rings. The Balaban J connectivity index is 1.59. The van der Waals surface area contributed by atoms with Crippen LogP contribution in [-0.4, -0.2) is 36.1 Å². The lowest BCUT2D eigenvalue weighted by Gasteiger charge is -2.45. The third kappa shape index (κ3) is 3.01. The van der Waals surface area contributed by atoms with Gasteiger partial charge in [-0.05, 0) is 31.7 Å². The molecule has 1 saturated carbocycles. The van der Waals surface area contributed by atoms with E-state index in [4.69, 9.17) is 0 Å². The zero-order chi connectivity index (χ0) is 13.1. The number of hydrogen-bond acceptors (Lipinski definition) is 2. The molecule has 1 aromatic carbocycles. The smallest absolute Gasteiger partial charge is 0.0309 e. The monoisotopic (exact) mass is 258 g/mol. The van der Waals surface area contributed by atoms with Crippen LogP contribution in [0.4, 0.5) is 0 Å². The zero-order valence-electron chi connectivity index (χ0n) is 12.1. The van der Waals surface area contributed by atoms with Crippen LogP contribution in [0.1, 0.15) is 38.2 Å². The molecule has 1 aliphatic heterocycles. The molecule has 19 heavy (non-hydrogen) atoms. The van der Waals surface area contributed by atoms with Crippen molar-refractivity contribution in [3.63, 3.8) is 0 Å². The summed E-state index contributed by atoms with van der Waals surface area (Å²) in [6.45, 7) is 5.98. The number of benzene rings is 1. The normalized spacial score (nSPS) is 26.9. The fourth-order valence-corrected chi connectivity index (χ4v) is 3.70. The number of piperazine rings is 1. The molecule has 1 aliphatic carbocycles. The summed E-state index contributed by atoms with van der Waals surface area (Å²) in [5.41, 5.74) is 1.91. The molecule has 1 aromatic rings. The van der Waals surface area contributed by atoms with Crippen molar-refractivity contribution >= 4 is 0 Å². The zero-order valence-corrected chi connectivity index (χ0v) is 12.1. The second-order valence-corrected chi connectivity index (χ2v) is 6.42. The van der Waals surface area contributed by atoms with Crippen molar-refractivity contribution in [2.45, 2.75) is 50.6 Å². The Labute approximate surface area is 117 Å². The highest BCUT2D eigenvalue weighted by atomic mass is 15.2. The van der Waals surface area contributed by atoms with Gasteiger partial charge < -0.3 is 5.32 Å². The van der Waals surface area contributed by atoms with E-state index in [0.717, 1.165) is 6.54 Å². The van der Waals surface area contributed by atoms with Gasteiger partial charge in [-0.25, -0.2) is 0 Å². The van der Waals surface area contributed by atoms with E-state index in [1.165, 1.54) is 50.8 Å². The van der Waals surface area contributed by atoms with Crippen molar-refractivity contribution in [3.8, 4) is 0 Å². The van der Waals surface area contributed by atoms with Crippen LogP contribution >= 0.6 is 0 Å². The molecule has 2 nitrogen and oxygen atoms in total. The minimum atomic E-state index is 0.448. The van der Waals surface area contributed by atoms with Crippen molar-refractivity contribution in [2.24, 2.45) is 0 Å².